The standard InChI is InChI=1S/C10H10BrN5O2S2/c1-16-3-6(11)2-7(16)9(18)14-13-8(17)4-19-10-15-12-5-20-10/h2-3,5H,4H2,1H3,(H,13,17)(H,14,18). The summed E-state index contributed by atoms with van der Waals surface area (Å²) in [6.45, 7) is 0. The van der Waals surface area contributed by atoms with Gasteiger partial charge in [0.15, 0.2) is 4.34 Å². The normalized spacial score (nSPS) is 10.3. The molecule has 0 spiro atoms. The summed E-state index contributed by atoms with van der Waals surface area (Å²) in [6, 6.07) is 1.66. The molecule has 0 radical (unpaired) electrons. The number of nitrogens with one attached hydrogen (secondary N) is 2. The van der Waals surface area contributed by atoms with Crippen molar-refractivity contribution in [2.75, 3.05) is 5.75 Å². The molecule has 0 saturated carbocycles. The maximum atomic E-state index is 11.8. The van der Waals surface area contributed by atoms with Gasteiger partial charge in [-0.2, -0.15) is 0 Å². The maximum absolute atomic E-state index is 11.8. The Morgan fingerprint density at radius 3 is 2.90 bits per heavy atom. The molecule has 0 saturated heterocycles. The Morgan fingerprint density at radius 2 is 2.30 bits per heavy atom. The van der Waals surface area contributed by atoms with E-state index in [2.05, 4.69) is 37.0 Å². The number of hydrazine groups is 1. The quantitative estimate of drug-likeness (QED) is 0.618. The van der Waals surface area contributed by atoms with Crippen molar-refractivity contribution in [3.63, 3.8) is 0 Å². The van der Waals surface area contributed by atoms with Gasteiger partial charge in [-0.15, -0.1) is 10.2 Å². The predicted molar refractivity (Wildman–Crippen MR) is 79.4 cm³/mol. The minimum Gasteiger partial charge on any atom is -0.345 e. The molecule has 2 N–H and O–H groups in total. The summed E-state index contributed by atoms with van der Waals surface area (Å²) in [7, 11) is 1.74. The first-order valence-electron chi connectivity index (χ1n) is 5.36. The number of rotatable bonds is 4. The number of halogens is 1. The van der Waals surface area contributed by atoms with Crippen molar-refractivity contribution < 1.29 is 9.59 Å². The summed E-state index contributed by atoms with van der Waals surface area (Å²) in [4.78, 5) is 23.4. The minimum atomic E-state index is -0.382. The number of aryl methyl sites for hydroxylation is 1. The smallest absolute Gasteiger partial charge is 0.286 e. The van der Waals surface area contributed by atoms with Gasteiger partial charge in [-0.25, -0.2) is 0 Å². The van der Waals surface area contributed by atoms with E-state index in [1.165, 1.54) is 23.1 Å². The summed E-state index contributed by atoms with van der Waals surface area (Å²) in [5.41, 5.74) is 6.74. The second-order valence-electron chi connectivity index (χ2n) is 3.65. The molecule has 20 heavy (non-hydrogen) atoms. The van der Waals surface area contributed by atoms with E-state index in [0.717, 1.165) is 4.47 Å². The monoisotopic (exact) mass is 375 g/mol. The third-order valence-corrected chi connectivity index (χ3v) is 4.48. The van der Waals surface area contributed by atoms with E-state index in [4.69, 9.17) is 0 Å². The molecule has 0 unspecified atom stereocenters. The van der Waals surface area contributed by atoms with Gasteiger partial charge in [-0.3, -0.25) is 20.4 Å². The van der Waals surface area contributed by atoms with Crippen molar-refractivity contribution >= 4 is 50.8 Å². The van der Waals surface area contributed by atoms with Crippen molar-refractivity contribution in [3.8, 4) is 0 Å². The molecular formula is C10H10BrN5O2S2. The van der Waals surface area contributed by atoms with Gasteiger partial charge in [0.05, 0.1) is 5.75 Å². The molecule has 2 aromatic rings. The highest BCUT2D eigenvalue weighted by molar-refractivity contribution is 9.10. The Morgan fingerprint density at radius 1 is 1.50 bits per heavy atom. The second kappa shape index (κ2) is 6.86. The van der Waals surface area contributed by atoms with Crippen LogP contribution in [0.2, 0.25) is 0 Å². The van der Waals surface area contributed by atoms with E-state index in [9.17, 15) is 9.59 Å². The Hall–Kier alpha value is -1.39. The van der Waals surface area contributed by atoms with Crippen LogP contribution in [0.4, 0.5) is 0 Å². The summed E-state index contributed by atoms with van der Waals surface area (Å²) in [5, 5.41) is 7.47. The predicted octanol–water partition coefficient (Wildman–Crippen LogP) is 1.19. The molecule has 0 aliphatic rings. The fourth-order valence-corrected chi connectivity index (χ4v) is 3.14. The van der Waals surface area contributed by atoms with Crippen molar-refractivity contribution in [2.24, 2.45) is 7.05 Å². The summed E-state index contributed by atoms with van der Waals surface area (Å²) >= 11 is 5.89. The van der Waals surface area contributed by atoms with Crippen molar-refractivity contribution in [1.29, 1.82) is 0 Å². The van der Waals surface area contributed by atoms with E-state index in [0.29, 0.717) is 10.0 Å². The first-order valence-corrected chi connectivity index (χ1v) is 8.02. The average Bonchev–Trinajstić information content (AvgIpc) is 3.03. The van der Waals surface area contributed by atoms with E-state index in [1.54, 1.807) is 29.4 Å². The van der Waals surface area contributed by atoms with Crippen LogP contribution in [0.1, 0.15) is 10.5 Å². The third-order valence-electron chi connectivity index (χ3n) is 2.19. The Bertz CT molecular complexity index is 613. The largest absolute Gasteiger partial charge is 0.345 e. The van der Waals surface area contributed by atoms with Crippen LogP contribution in [0.5, 0.6) is 0 Å². The van der Waals surface area contributed by atoms with Gasteiger partial charge in [-0.1, -0.05) is 23.1 Å². The lowest BCUT2D eigenvalue weighted by Crippen LogP contribution is -2.43. The number of hydrogen-bond acceptors (Lipinski definition) is 6. The van der Waals surface area contributed by atoms with Crippen LogP contribution in [0.15, 0.2) is 26.6 Å². The molecule has 2 aromatic heterocycles. The molecule has 0 atom stereocenters. The molecule has 2 amide bonds. The highest BCUT2D eigenvalue weighted by atomic mass is 79.9. The van der Waals surface area contributed by atoms with Crippen molar-refractivity contribution in [3.05, 3.63) is 27.9 Å². The SMILES string of the molecule is Cn1cc(Br)cc1C(=O)NNC(=O)CSc1nncs1. The molecule has 0 aliphatic carbocycles. The lowest BCUT2D eigenvalue weighted by Gasteiger charge is -2.07. The lowest BCUT2D eigenvalue weighted by molar-refractivity contribution is -0.119. The molecule has 10 heteroatoms. The first-order chi connectivity index (χ1) is 9.56. The van der Waals surface area contributed by atoms with Crippen LogP contribution in [-0.4, -0.2) is 32.3 Å². The Balaban J connectivity index is 1.78. The van der Waals surface area contributed by atoms with Crippen LogP contribution < -0.4 is 10.9 Å². The van der Waals surface area contributed by atoms with Gasteiger partial charge in [0, 0.05) is 17.7 Å². The van der Waals surface area contributed by atoms with Crippen LogP contribution in [0, 0.1) is 0 Å². The topological polar surface area (TPSA) is 88.9 Å². The highest BCUT2D eigenvalue weighted by Crippen LogP contribution is 2.18. The first kappa shape index (κ1) is 15.0. The van der Waals surface area contributed by atoms with E-state index in [1.807, 2.05) is 0 Å². The van der Waals surface area contributed by atoms with Gasteiger partial charge < -0.3 is 4.57 Å². The van der Waals surface area contributed by atoms with Gasteiger partial charge >= 0.3 is 0 Å². The number of aromatic nitrogens is 3. The zero-order chi connectivity index (χ0) is 14.5. The number of carbonyl (C=O) groups is 2. The molecule has 2 rings (SSSR count). The lowest BCUT2D eigenvalue weighted by atomic mass is 10.4. The second-order valence-corrected chi connectivity index (χ2v) is 6.62. The average molecular weight is 376 g/mol. The fourth-order valence-electron chi connectivity index (χ4n) is 1.33. The maximum Gasteiger partial charge on any atom is 0.286 e. The zero-order valence-electron chi connectivity index (χ0n) is 10.3. The molecule has 2 heterocycles. The fraction of sp³-hybridized carbons (Fsp3) is 0.200. The summed E-state index contributed by atoms with van der Waals surface area (Å²) in [5.74, 6) is -0.536. The minimum absolute atomic E-state index is 0.159. The molecular weight excluding hydrogens is 366 g/mol. The summed E-state index contributed by atoms with van der Waals surface area (Å²) < 4.78 is 3.16. The van der Waals surface area contributed by atoms with E-state index in [-0.39, 0.29) is 17.6 Å². The number of thioether (sulfide) groups is 1. The van der Waals surface area contributed by atoms with Gasteiger partial charge in [-0.05, 0) is 22.0 Å². The number of nitrogens with zero attached hydrogens (tertiary/aromatic N) is 3. The molecule has 106 valence electrons. The van der Waals surface area contributed by atoms with Gasteiger partial charge in [0.1, 0.15) is 11.2 Å². The molecule has 7 nitrogen and oxygen atoms in total. The number of amides is 2. The molecule has 0 aliphatic heterocycles. The Kier molecular flexibility index (Phi) is 5.15. The van der Waals surface area contributed by atoms with E-state index >= 15 is 0 Å². The van der Waals surface area contributed by atoms with Gasteiger partial charge in [0.2, 0.25) is 5.91 Å². The number of hydrogen-bond donors (Lipinski definition) is 2. The van der Waals surface area contributed by atoms with Crippen LogP contribution in [-0.2, 0) is 11.8 Å². The van der Waals surface area contributed by atoms with Crippen LogP contribution in [0.25, 0.3) is 0 Å². The third kappa shape index (κ3) is 4.05. The van der Waals surface area contributed by atoms with Crippen molar-refractivity contribution in [1.82, 2.24) is 25.6 Å². The van der Waals surface area contributed by atoms with Crippen LogP contribution in [0.3, 0.4) is 0 Å². The zero-order valence-corrected chi connectivity index (χ0v) is 13.5. The van der Waals surface area contributed by atoms with Crippen molar-refractivity contribution in [2.45, 2.75) is 4.34 Å². The molecule has 0 fully saturated rings. The molecule has 0 aromatic carbocycles. The molecule has 0 bridgehead atoms. The van der Waals surface area contributed by atoms with E-state index < -0.39 is 0 Å². The van der Waals surface area contributed by atoms with Crippen LogP contribution >= 0.6 is 39.0 Å². The highest BCUT2D eigenvalue weighted by Gasteiger charge is 2.12. The summed E-state index contributed by atoms with van der Waals surface area (Å²) in [6.07, 6.45) is 1.75. The Labute approximate surface area is 131 Å². The number of carbonyl (C=O) groups excluding carboxylic acids is 2. The van der Waals surface area contributed by atoms with Gasteiger partial charge in [0.25, 0.3) is 5.91 Å².